The van der Waals surface area contributed by atoms with E-state index in [2.05, 4.69) is 32.6 Å². The minimum Gasteiger partial charge on any atom is -0.464 e. The molecular weight excluding hydrogens is 240 g/mol. The van der Waals surface area contributed by atoms with Crippen molar-refractivity contribution in [2.24, 2.45) is 5.73 Å². The van der Waals surface area contributed by atoms with Crippen LogP contribution < -0.4 is 5.73 Å². The van der Waals surface area contributed by atoms with Crippen molar-refractivity contribution in [3.05, 3.63) is 23.2 Å². The van der Waals surface area contributed by atoms with Crippen molar-refractivity contribution in [1.29, 1.82) is 0 Å². The summed E-state index contributed by atoms with van der Waals surface area (Å²) in [4.78, 5) is 2.42. The van der Waals surface area contributed by atoms with Gasteiger partial charge in [0.05, 0.1) is 6.61 Å². The van der Waals surface area contributed by atoms with E-state index in [1.165, 1.54) is 0 Å². The topological polar surface area (TPSA) is 51.6 Å². The average molecular weight is 268 g/mol. The Balaban J connectivity index is 2.33. The Labute approximate surface area is 116 Å². The molecule has 0 unspecified atom stereocenters. The zero-order valence-corrected chi connectivity index (χ0v) is 12.9. The number of rotatable bonds is 8. The molecule has 0 saturated carbocycles. The van der Waals surface area contributed by atoms with E-state index in [0.717, 1.165) is 23.6 Å². The van der Waals surface area contributed by atoms with Crippen LogP contribution >= 0.6 is 0 Å². The Morgan fingerprint density at radius 2 is 1.89 bits per heavy atom. The van der Waals surface area contributed by atoms with E-state index in [1.54, 1.807) is 0 Å². The molecule has 1 rings (SSSR count). The number of hydrogen-bond acceptors (Lipinski definition) is 4. The summed E-state index contributed by atoms with van der Waals surface area (Å²) < 4.78 is 11.3. The molecule has 19 heavy (non-hydrogen) atoms. The first-order valence-electron chi connectivity index (χ1n) is 7.07. The lowest BCUT2D eigenvalue weighted by Gasteiger charge is -2.30. The van der Waals surface area contributed by atoms with Crippen molar-refractivity contribution in [3.63, 3.8) is 0 Å². The molecule has 1 heterocycles. The Hall–Kier alpha value is -0.840. The molecular formula is C15H28N2O2. The number of hydrogen-bond donors (Lipinski definition) is 1. The Morgan fingerprint density at radius 1 is 1.26 bits per heavy atom. The molecule has 1 aromatic heterocycles. The van der Waals surface area contributed by atoms with E-state index in [9.17, 15) is 0 Å². The van der Waals surface area contributed by atoms with Crippen molar-refractivity contribution in [2.45, 2.75) is 59.9 Å². The van der Waals surface area contributed by atoms with E-state index in [4.69, 9.17) is 14.9 Å². The van der Waals surface area contributed by atoms with Crippen LogP contribution in [0.4, 0.5) is 0 Å². The standard InChI is InChI=1S/C15H28N2O2/c1-11(2)17(12(3)4)6-7-18-10-15-8-14(9-16)13(5)19-15/h8,11-12H,6-7,9-10,16H2,1-5H3. The predicted octanol–water partition coefficient (Wildman–Crippen LogP) is 2.68. The molecule has 0 spiro atoms. The van der Waals surface area contributed by atoms with Crippen molar-refractivity contribution in [1.82, 2.24) is 4.90 Å². The first kappa shape index (κ1) is 16.2. The van der Waals surface area contributed by atoms with E-state index in [-0.39, 0.29) is 0 Å². The fourth-order valence-electron chi connectivity index (χ4n) is 2.32. The van der Waals surface area contributed by atoms with Crippen molar-refractivity contribution < 1.29 is 9.15 Å². The fraction of sp³-hybridized carbons (Fsp3) is 0.733. The molecule has 0 aliphatic heterocycles. The summed E-state index contributed by atoms with van der Waals surface area (Å²) in [6.07, 6.45) is 0. The summed E-state index contributed by atoms with van der Waals surface area (Å²) in [5, 5.41) is 0. The Kier molecular flexibility index (Phi) is 6.55. The SMILES string of the molecule is Cc1oc(COCCN(C(C)C)C(C)C)cc1CN. The van der Waals surface area contributed by atoms with Gasteiger partial charge in [-0.2, -0.15) is 0 Å². The van der Waals surface area contributed by atoms with Gasteiger partial charge in [0, 0.05) is 30.7 Å². The Bertz CT molecular complexity index is 364. The molecule has 0 atom stereocenters. The summed E-state index contributed by atoms with van der Waals surface area (Å²) in [7, 11) is 0. The van der Waals surface area contributed by atoms with Gasteiger partial charge >= 0.3 is 0 Å². The maximum absolute atomic E-state index is 5.69. The van der Waals surface area contributed by atoms with Crippen LogP contribution in [0.1, 0.15) is 44.8 Å². The number of nitrogens with zero attached hydrogens (tertiary/aromatic N) is 1. The highest BCUT2D eigenvalue weighted by Gasteiger charge is 2.13. The molecule has 0 fully saturated rings. The molecule has 4 nitrogen and oxygen atoms in total. The molecule has 0 aliphatic rings. The molecule has 0 aromatic carbocycles. The van der Waals surface area contributed by atoms with Crippen LogP contribution in [-0.2, 0) is 17.9 Å². The van der Waals surface area contributed by atoms with Gasteiger partial charge in [0.25, 0.3) is 0 Å². The third kappa shape index (κ3) is 4.97. The van der Waals surface area contributed by atoms with Crippen LogP contribution in [0.5, 0.6) is 0 Å². The summed E-state index contributed by atoms with van der Waals surface area (Å²) in [6.45, 7) is 13.5. The number of ether oxygens (including phenoxy) is 1. The fourth-order valence-corrected chi connectivity index (χ4v) is 2.32. The van der Waals surface area contributed by atoms with Crippen LogP contribution in [0.2, 0.25) is 0 Å². The van der Waals surface area contributed by atoms with E-state index in [1.807, 2.05) is 13.0 Å². The van der Waals surface area contributed by atoms with Crippen LogP contribution in [-0.4, -0.2) is 30.1 Å². The zero-order valence-electron chi connectivity index (χ0n) is 12.9. The monoisotopic (exact) mass is 268 g/mol. The third-order valence-corrected chi connectivity index (χ3v) is 3.36. The zero-order chi connectivity index (χ0) is 14.4. The minimum absolute atomic E-state index is 0.518. The van der Waals surface area contributed by atoms with Gasteiger partial charge in [-0.25, -0.2) is 0 Å². The molecule has 1 aromatic rings. The molecule has 0 radical (unpaired) electrons. The van der Waals surface area contributed by atoms with Crippen LogP contribution in [0, 0.1) is 6.92 Å². The van der Waals surface area contributed by atoms with E-state index < -0.39 is 0 Å². The second kappa shape index (κ2) is 7.68. The van der Waals surface area contributed by atoms with E-state index in [0.29, 0.717) is 31.8 Å². The largest absolute Gasteiger partial charge is 0.464 e. The lowest BCUT2D eigenvalue weighted by Crippen LogP contribution is -2.39. The van der Waals surface area contributed by atoms with Gasteiger partial charge in [0.2, 0.25) is 0 Å². The third-order valence-electron chi connectivity index (χ3n) is 3.36. The first-order valence-corrected chi connectivity index (χ1v) is 7.07. The lowest BCUT2D eigenvalue weighted by molar-refractivity contribution is 0.0618. The highest BCUT2D eigenvalue weighted by Crippen LogP contribution is 2.14. The molecule has 2 N–H and O–H groups in total. The first-order chi connectivity index (χ1) is 8.95. The highest BCUT2D eigenvalue weighted by molar-refractivity contribution is 5.19. The maximum Gasteiger partial charge on any atom is 0.130 e. The van der Waals surface area contributed by atoms with Gasteiger partial charge in [-0.1, -0.05) is 0 Å². The molecule has 0 aliphatic carbocycles. The highest BCUT2D eigenvalue weighted by atomic mass is 16.5. The van der Waals surface area contributed by atoms with E-state index >= 15 is 0 Å². The Morgan fingerprint density at radius 3 is 2.37 bits per heavy atom. The van der Waals surface area contributed by atoms with Crippen LogP contribution in [0.15, 0.2) is 10.5 Å². The normalized spacial score (nSPS) is 12.1. The minimum atomic E-state index is 0.518. The van der Waals surface area contributed by atoms with Gasteiger partial charge in [-0.3, -0.25) is 4.90 Å². The second-order valence-electron chi connectivity index (χ2n) is 5.48. The van der Waals surface area contributed by atoms with Crippen molar-refractivity contribution in [3.8, 4) is 0 Å². The van der Waals surface area contributed by atoms with Gasteiger partial charge < -0.3 is 14.9 Å². The molecule has 110 valence electrons. The van der Waals surface area contributed by atoms with Crippen molar-refractivity contribution in [2.75, 3.05) is 13.2 Å². The summed E-state index contributed by atoms with van der Waals surface area (Å²) in [5.41, 5.74) is 6.68. The number of aryl methyl sites for hydroxylation is 1. The second-order valence-corrected chi connectivity index (χ2v) is 5.48. The quantitative estimate of drug-likeness (QED) is 0.736. The predicted molar refractivity (Wildman–Crippen MR) is 78.0 cm³/mol. The van der Waals surface area contributed by atoms with Crippen molar-refractivity contribution >= 4 is 0 Å². The summed E-state index contributed by atoms with van der Waals surface area (Å²) >= 11 is 0. The molecule has 0 bridgehead atoms. The molecule has 0 amide bonds. The lowest BCUT2D eigenvalue weighted by atomic mass is 10.2. The van der Waals surface area contributed by atoms with Gasteiger partial charge in [0.15, 0.2) is 0 Å². The maximum atomic E-state index is 5.69. The van der Waals surface area contributed by atoms with Crippen LogP contribution in [0.25, 0.3) is 0 Å². The molecule has 4 heteroatoms. The smallest absolute Gasteiger partial charge is 0.130 e. The summed E-state index contributed by atoms with van der Waals surface area (Å²) in [6, 6.07) is 3.06. The van der Waals surface area contributed by atoms with Gasteiger partial charge in [-0.05, 0) is 40.7 Å². The number of nitrogens with two attached hydrogens (primary N) is 1. The average Bonchev–Trinajstić information content (AvgIpc) is 2.68. The summed E-state index contributed by atoms with van der Waals surface area (Å²) in [5.74, 6) is 1.76. The van der Waals surface area contributed by atoms with Gasteiger partial charge in [-0.15, -0.1) is 0 Å². The van der Waals surface area contributed by atoms with Crippen LogP contribution in [0.3, 0.4) is 0 Å². The number of furan rings is 1. The molecule has 0 saturated heterocycles. The van der Waals surface area contributed by atoms with Gasteiger partial charge in [0.1, 0.15) is 18.1 Å².